The quantitative estimate of drug-likeness (QED) is 0.0323. The predicted octanol–water partition coefficient (Wildman–Crippen LogP) is 14.6. The second kappa shape index (κ2) is 46.4. The van der Waals surface area contributed by atoms with Crippen LogP contribution in [0.15, 0.2) is 72.9 Å². The maximum Gasteiger partial charge on any atom is 0.306 e. The van der Waals surface area contributed by atoms with Gasteiger partial charge in [0.2, 0.25) is 5.91 Å². The van der Waals surface area contributed by atoms with Crippen molar-refractivity contribution in [2.75, 3.05) is 6.61 Å². The van der Waals surface area contributed by atoms with Gasteiger partial charge < -0.3 is 20.3 Å². The van der Waals surface area contributed by atoms with Crippen LogP contribution in [0.25, 0.3) is 0 Å². The summed E-state index contributed by atoms with van der Waals surface area (Å²) < 4.78 is 5.89. The summed E-state index contributed by atoms with van der Waals surface area (Å²) >= 11 is 0. The Bertz CT molecular complexity index is 1110. The van der Waals surface area contributed by atoms with Gasteiger partial charge in [-0.3, -0.25) is 9.59 Å². The Morgan fingerprint density at radius 1 is 0.508 bits per heavy atom. The first-order valence-corrected chi connectivity index (χ1v) is 24.7. The minimum absolute atomic E-state index is 0.0259. The molecule has 0 aliphatic carbocycles. The molecule has 0 heterocycles. The molecule has 0 saturated carbocycles. The molecule has 0 saturated heterocycles. The number of amides is 1. The van der Waals surface area contributed by atoms with Crippen LogP contribution in [0.4, 0.5) is 0 Å². The van der Waals surface area contributed by atoms with Gasteiger partial charge in [-0.2, -0.15) is 0 Å². The first-order valence-electron chi connectivity index (χ1n) is 24.7. The van der Waals surface area contributed by atoms with Crippen LogP contribution < -0.4 is 5.32 Å². The van der Waals surface area contributed by atoms with Crippen molar-refractivity contribution in [1.82, 2.24) is 5.32 Å². The molecule has 6 heteroatoms. The summed E-state index contributed by atoms with van der Waals surface area (Å²) in [5.74, 6) is -0.549. The highest BCUT2D eigenvalue weighted by molar-refractivity contribution is 5.77. The molecule has 1 amide bonds. The van der Waals surface area contributed by atoms with Crippen molar-refractivity contribution in [3.63, 3.8) is 0 Å². The van der Waals surface area contributed by atoms with Crippen LogP contribution in [0.5, 0.6) is 0 Å². The zero-order valence-corrected chi connectivity index (χ0v) is 38.6. The van der Waals surface area contributed by atoms with E-state index in [0.29, 0.717) is 19.3 Å². The Labute approximate surface area is 364 Å². The van der Waals surface area contributed by atoms with Crippen LogP contribution in [0.2, 0.25) is 0 Å². The molecule has 0 rings (SSSR count). The van der Waals surface area contributed by atoms with Crippen molar-refractivity contribution in [2.24, 2.45) is 0 Å². The van der Waals surface area contributed by atoms with Crippen LogP contribution in [0.3, 0.4) is 0 Å². The minimum Gasteiger partial charge on any atom is -0.462 e. The number of ether oxygens (including phenoxy) is 1. The monoisotopic (exact) mass is 824 g/mol. The lowest BCUT2D eigenvalue weighted by Crippen LogP contribution is -2.46. The maximum atomic E-state index is 13.2. The van der Waals surface area contributed by atoms with Gasteiger partial charge in [0, 0.05) is 6.42 Å². The normalized spacial score (nSPS) is 13.9. The molecular weight excluding hydrogens is 731 g/mol. The van der Waals surface area contributed by atoms with Gasteiger partial charge in [-0.25, -0.2) is 0 Å². The van der Waals surface area contributed by atoms with Crippen molar-refractivity contribution in [3.8, 4) is 0 Å². The summed E-state index contributed by atoms with van der Waals surface area (Å²) in [7, 11) is 0. The van der Waals surface area contributed by atoms with Gasteiger partial charge >= 0.3 is 5.97 Å². The topological polar surface area (TPSA) is 95.9 Å². The summed E-state index contributed by atoms with van der Waals surface area (Å²) in [5.41, 5.74) is 0. The fraction of sp³-hybridized carbons (Fsp3) is 0.736. The molecular formula is C53H93NO5. The highest BCUT2D eigenvalue weighted by Gasteiger charge is 2.24. The molecule has 0 radical (unpaired) electrons. The van der Waals surface area contributed by atoms with Crippen molar-refractivity contribution in [3.05, 3.63) is 72.9 Å². The fourth-order valence-corrected chi connectivity index (χ4v) is 7.23. The lowest BCUT2D eigenvalue weighted by atomic mass is 10.0. The zero-order chi connectivity index (χ0) is 43.1. The molecule has 3 atom stereocenters. The number of unbranched alkanes of at least 4 members (excludes halogenated alkanes) is 24. The summed E-state index contributed by atoms with van der Waals surface area (Å²) in [4.78, 5) is 26.1. The van der Waals surface area contributed by atoms with Gasteiger partial charge in [0.15, 0.2) is 0 Å². The first kappa shape index (κ1) is 56.3. The smallest absolute Gasteiger partial charge is 0.306 e. The van der Waals surface area contributed by atoms with E-state index in [4.69, 9.17) is 4.74 Å². The van der Waals surface area contributed by atoms with Gasteiger partial charge in [-0.15, -0.1) is 0 Å². The molecule has 0 aromatic heterocycles. The number of aliphatic hydroxyl groups excluding tert-OH is 2. The molecule has 0 aliphatic heterocycles. The Balaban J connectivity index is 4.73. The number of carbonyl (C=O) groups is 2. The largest absolute Gasteiger partial charge is 0.462 e. The summed E-state index contributed by atoms with van der Waals surface area (Å²) in [5, 5.41) is 23.6. The Hall–Kier alpha value is -2.70. The van der Waals surface area contributed by atoms with Gasteiger partial charge in [-0.1, -0.05) is 248 Å². The van der Waals surface area contributed by atoms with E-state index in [0.717, 1.165) is 57.8 Å². The number of hydrogen-bond acceptors (Lipinski definition) is 5. The molecule has 0 spiro atoms. The molecule has 0 aromatic rings. The Morgan fingerprint density at radius 3 is 1.36 bits per heavy atom. The number of carbonyl (C=O) groups excluding carboxylic acids is 2. The van der Waals surface area contributed by atoms with E-state index in [2.05, 4.69) is 38.2 Å². The number of allylic oxidation sites excluding steroid dienone is 12. The van der Waals surface area contributed by atoms with Gasteiger partial charge in [0.1, 0.15) is 6.10 Å². The third-order valence-electron chi connectivity index (χ3n) is 11.0. The van der Waals surface area contributed by atoms with Gasteiger partial charge in [0.25, 0.3) is 0 Å². The summed E-state index contributed by atoms with van der Waals surface area (Å²) in [6, 6.07) is -0.726. The molecule has 3 N–H and O–H groups in total. The van der Waals surface area contributed by atoms with Crippen molar-refractivity contribution in [2.45, 2.75) is 244 Å². The molecule has 3 unspecified atom stereocenters. The third kappa shape index (κ3) is 41.8. The minimum atomic E-state index is -0.807. The Morgan fingerprint density at radius 2 is 0.915 bits per heavy atom. The van der Waals surface area contributed by atoms with E-state index < -0.39 is 18.2 Å². The van der Waals surface area contributed by atoms with Crippen LogP contribution in [0, 0.1) is 0 Å². The predicted molar refractivity (Wildman–Crippen MR) is 255 cm³/mol. The highest BCUT2D eigenvalue weighted by atomic mass is 16.5. The van der Waals surface area contributed by atoms with Crippen LogP contribution in [-0.2, 0) is 14.3 Å². The molecule has 6 nitrogen and oxygen atoms in total. The van der Waals surface area contributed by atoms with Gasteiger partial charge in [0.05, 0.1) is 25.2 Å². The molecule has 340 valence electrons. The van der Waals surface area contributed by atoms with E-state index in [1.165, 1.54) is 122 Å². The lowest BCUT2D eigenvalue weighted by molar-refractivity contribution is -0.151. The van der Waals surface area contributed by atoms with E-state index in [9.17, 15) is 19.8 Å². The third-order valence-corrected chi connectivity index (χ3v) is 11.0. The van der Waals surface area contributed by atoms with Gasteiger partial charge in [-0.05, 0) is 38.5 Å². The van der Waals surface area contributed by atoms with Crippen LogP contribution in [0.1, 0.15) is 226 Å². The standard InChI is InChI=1S/C53H93NO5/c1-4-7-10-13-16-19-22-24-26-28-30-32-35-38-41-44-49(59-53(58)46-43-40-37-34-31-29-27-25-23-20-17-14-11-8-5-2)47-52(57)54-50(48-55)51(56)45-42-39-36-33-21-18-15-12-9-6-3/h7,10,13,16,19,22,24,26,28,30,32,35,49-51,55-56H,4-6,8-9,11-12,14-15,17-18,20-21,23,25,27,29,31,33-34,36-48H2,1-3H3,(H,54,57)/b10-7-,16-13+,22-19+,26-24-,30-28+,35-32+. The number of hydrogen-bond donors (Lipinski definition) is 3. The first-order chi connectivity index (χ1) is 29.0. The van der Waals surface area contributed by atoms with E-state index in [1.807, 2.05) is 60.8 Å². The Kier molecular flexibility index (Phi) is 44.2. The van der Waals surface area contributed by atoms with E-state index in [1.54, 1.807) is 0 Å². The molecule has 0 bridgehead atoms. The SMILES string of the molecule is CC\C=C/C=C/C=C/C=C\C=C\C=C\CCCC(CC(=O)NC(CO)C(O)CCCCCCCCCCCC)OC(=O)CCCCCCCCCCCCCCCCC. The number of esters is 1. The van der Waals surface area contributed by atoms with Crippen LogP contribution in [-0.4, -0.2) is 46.9 Å². The molecule has 0 aliphatic rings. The maximum absolute atomic E-state index is 13.2. The second-order valence-electron chi connectivity index (χ2n) is 16.6. The zero-order valence-electron chi connectivity index (χ0n) is 38.6. The molecule has 0 aromatic carbocycles. The molecule has 59 heavy (non-hydrogen) atoms. The van der Waals surface area contributed by atoms with Crippen molar-refractivity contribution < 1.29 is 24.5 Å². The average Bonchev–Trinajstić information content (AvgIpc) is 3.23. The number of nitrogens with one attached hydrogen (secondary N) is 1. The van der Waals surface area contributed by atoms with Crippen LogP contribution >= 0.6 is 0 Å². The number of rotatable bonds is 43. The van der Waals surface area contributed by atoms with Crippen molar-refractivity contribution >= 4 is 11.9 Å². The van der Waals surface area contributed by atoms with Crippen molar-refractivity contribution in [1.29, 1.82) is 0 Å². The molecule has 0 fully saturated rings. The summed E-state index contributed by atoms with van der Waals surface area (Å²) in [6.07, 6.45) is 58.2. The van der Waals surface area contributed by atoms with E-state index >= 15 is 0 Å². The van der Waals surface area contributed by atoms with E-state index in [-0.39, 0.29) is 24.9 Å². The fourth-order valence-electron chi connectivity index (χ4n) is 7.23. The summed E-state index contributed by atoms with van der Waals surface area (Å²) in [6.45, 7) is 6.30. The second-order valence-corrected chi connectivity index (χ2v) is 16.6. The lowest BCUT2D eigenvalue weighted by Gasteiger charge is -2.24. The highest BCUT2D eigenvalue weighted by Crippen LogP contribution is 2.17. The average molecular weight is 824 g/mol. The number of aliphatic hydroxyl groups is 2.